The van der Waals surface area contributed by atoms with E-state index in [1.54, 1.807) is 18.3 Å². The van der Waals surface area contributed by atoms with Gasteiger partial charge >= 0.3 is 5.97 Å². The minimum Gasteiger partial charge on any atom is -0.489 e. The molecule has 0 spiro atoms. The van der Waals surface area contributed by atoms with Gasteiger partial charge in [0.25, 0.3) is 0 Å². The number of thiazole rings is 1. The largest absolute Gasteiger partial charge is 0.489 e. The van der Waals surface area contributed by atoms with Gasteiger partial charge in [-0.25, -0.2) is 9.78 Å². The second-order valence-corrected chi connectivity index (χ2v) is 7.68. The standard InChI is InChI=1S/C25H21N3O3S/c1-30-24(29)21-9-5-6-19(14-21)16-31-22-12-10-18(11-13-22)15-26-28-25-27-23(17-32-25)20-7-3-2-4-8-20/h2-15,17H,16H2,1H3,(H,27,28). The molecular formula is C25H21N3O3S. The highest BCUT2D eigenvalue weighted by Crippen LogP contribution is 2.24. The second-order valence-electron chi connectivity index (χ2n) is 6.82. The van der Waals surface area contributed by atoms with E-state index in [2.05, 4.69) is 15.5 Å². The molecule has 160 valence electrons. The van der Waals surface area contributed by atoms with Gasteiger partial charge in [0.1, 0.15) is 12.4 Å². The Balaban J connectivity index is 1.30. The number of aromatic nitrogens is 1. The van der Waals surface area contributed by atoms with Gasteiger partial charge in [-0.05, 0) is 47.5 Å². The molecule has 0 bridgehead atoms. The summed E-state index contributed by atoms with van der Waals surface area (Å²) >= 11 is 1.51. The van der Waals surface area contributed by atoms with Crippen molar-refractivity contribution in [2.75, 3.05) is 12.5 Å². The lowest BCUT2D eigenvalue weighted by Gasteiger charge is -2.07. The molecule has 6 nitrogen and oxygen atoms in total. The fraction of sp³-hybridized carbons (Fsp3) is 0.0800. The number of methoxy groups -OCH3 is 1. The minimum atomic E-state index is -0.363. The van der Waals surface area contributed by atoms with Gasteiger partial charge < -0.3 is 9.47 Å². The van der Waals surface area contributed by atoms with Crippen molar-refractivity contribution < 1.29 is 14.3 Å². The predicted molar refractivity (Wildman–Crippen MR) is 127 cm³/mol. The van der Waals surface area contributed by atoms with Gasteiger partial charge in [-0.1, -0.05) is 42.5 Å². The number of hydrogen-bond donors (Lipinski definition) is 1. The summed E-state index contributed by atoms with van der Waals surface area (Å²) in [6.45, 7) is 0.355. The van der Waals surface area contributed by atoms with Gasteiger partial charge in [-0.2, -0.15) is 5.10 Å². The van der Waals surface area contributed by atoms with Crippen molar-refractivity contribution in [3.05, 3.63) is 101 Å². The summed E-state index contributed by atoms with van der Waals surface area (Å²) in [5, 5.41) is 7.00. The number of anilines is 1. The molecule has 0 unspecified atom stereocenters. The van der Waals surface area contributed by atoms with Crippen molar-refractivity contribution in [3.8, 4) is 17.0 Å². The molecule has 0 radical (unpaired) electrons. The Morgan fingerprint density at radius 1 is 1.06 bits per heavy atom. The first-order chi connectivity index (χ1) is 15.7. The quantitative estimate of drug-likeness (QED) is 0.217. The van der Waals surface area contributed by atoms with E-state index in [9.17, 15) is 4.79 Å². The summed E-state index contributed by atoms with van der Waals surface area (Å²) in [7, 11) is 1.37. The zero-order valence-corrected chi connectivity index (χ0v) is 18.2. The van der Waals surface area contributed by atoms with Gasteiger partial charge in [0.15, 0.2) is 0 Å². The summed E-state index contributed by atoms with van der Waals surface area (Å²) in [4.78, 5) is 16.2. The summed E-state index contributed by atoms with van der Waals surface area (Å²) in [5.41, 5.74) is 7.29. The number of hydrazone groups is 1. The number of ether oxygens (including phenoxy) is 2. The molecule has 32 heavy (non-hydrogen) atoms. The highest BCUT2D eigenvalue weighted by Gasteiger charge is 2.06. The van der Waals surface area contributed by atoms with Gasteiger partial charge in [0.05, 0.1) is 24.6 Å². The summed E-state index contributed by atoms with van der Waals surface area (Å²) in [6, 6.07) is 24.8. The number of carbonyl (C=O) groups excluding carboxylic acids is 1. The zero-order chi connectivity index (χ0) is 22.2. The Morgan fingerprint density at radius 2 is 1.88 bits per heavy atom. The SMILES string of the molecule is COC(=O)c1cccc(COc2ccc(C=NNc3nc(-c4ccccc4)cs3)cc2)c1. The topological polar surface area (TPSA) is 72.8 Å². The van der Waals surface area contributed by atoms with Crippen molar-refractivity contribution in [3.63, 3.8) is 0 Å². The molecule has 0 aliphatic heterocycles. The first-order valence-electron chi connectivity index (χ1n) is 9.91. The lowest BCUT2D eigenvalue weighted by Crippen LogP contribution is -2.03. The number of nitrogens with one attached hydrogen (secondary N) is 1. The molecule has 0 fully saturated rings. The number of esters is 1. The fourth-order valence-electron chi connectivity index (χ4n) is 2.95. The van der Waals surface area contributed by atoms with Crippen molar-refractivity contribution in [1.29, 1.82) is 0 Å². The Morgan fingerprint density at radius 3 is 2.66 bits per heavy atom. The lowest BCUT2D eigenvalue weighted by molar-refractivity contribution is 0.0600. The molecule has 7 heteroatoms. The van der Waals surface area contributed by atoms with Crippen LogP contribution in [-0.4, -0.2) is 24.3 Å². The first kappa shape index (κ1) is 21.3. The van der Waals surface area contributed by atoms with Crippen LogP contribution in [0.5, 0.6) is 5.75 Å². The van der Waals surface area contributed by atoms with Crippen molar-refractivity contribution in [1.82, 2.24) is 4.98 Å². The molecule has 1 aromatic heterocycles. The van der Waals surface area contributed by atoms with Crippen molar-refractivity contribution >= 4 is 28.7 Å². The Bertz CT molecular complexity index is 1200. The maximum absolute atomic E-state index is 11.6. The Kier molecular flexibility index (Phi) is 6.89. The molecule has 0 atom stereocenters. The van der Waals surface area contributed by atoms with Crippen LogP contribution in [0.15, 0.2) is 89.3 Å². The van der Waals surface area contributed by atoms with Crippen LogP contribution in [0, 0.1) is 0 Å². The van der Waals surface area contributed by atoms with Gasteiger partial charge in [0.2, 0.25) is 5.13 Å². The average Bonchev–Trinajstić information content (AvgIpc) is 3.33. The van der Waals surface area contributed by atoms with E-state index in [4.69, 9.17) is 9.47 Å². The number of benzene rings is 3. The molecule has 0 saturated heterocycles. The van der Waals surface area contributed by atoms with Gasteiger partial charge in [-0.3, -0.25) is 5.43 Å². The predicted octanol–water partition coefficient (Wildman–Crippen LogP) is 5.62. The van der Waals surface area contributed by atoms with Crippen LogP contribution in [0.2, 0.25) is 0 Å². The number of carbonyl (C=O) groups is 1. The lowest BCUT2D eigenvalue weighted by atomic mass is 10.1. The van der Waals surface area contributed by atoms with E-state index in [1.165, 1.54) is 18.4 Å². The molecular weight excluding hydrogens is 422 g/mol. The van der Waals surface area contributed by atoms with Crippen LogP contribution < -0.4 is 10.2 Å². The van der Waals surface area contributed by atoms with Crippen LogP contribution >= 0.6 is 11.3 Å². The minimum absolute atomic E-state index is 0.355. The van der Waals surface area contributed by atoms with Gasteiger partial charge in [0, 0.05) is 10.9 Å². The molecule has 0 aliphatic carbocycles. The molecule has 0 saturated carbocycles. The maximum atomic E-state index is 11.6. The zero-order valence-electron chi connectivity index (χ0n) is 17.4. The third-order valence-electron chi connectivity index (χ3n) is 4.58. The first-order valence-corrected chi connectivity index (χ1v) is 10.8. The highest BCUT2D eigenvalue weighted by atomic mass is 32.1. The molecule has 1 N–H and O–H groups in total. The van der Waals surface area contributed by atoms with Crippen LogP contribution in [0.25, 0.3) is 11.3 Å². The molecule has 4 rings (SSSR count). The van der Waals surface area contributed by atoms with Crippen molar-refractivity contribution in [2.24, 2.45) is 5.10 Å². The second kappa shape index (κ2) is 10.4. The van der Waals surface area contributed by atoms with Crippen molar-refractivity contribution in [2.45, 2.75) is 6.61 Å². The highest BCUT2D eigenvalue weighted by molar-refractivity contribution is 7.14. The van der Waals surface area contributed by atoms with Crippen LogP contribution in [-0.2, 0) is 11.3 Å². The van der Waals surface area contributed by atoms with Crippen LogP contribution in [0.3, 0.4) is 0 Å². The average molecular weight is 444 g/mol. The molecule has 1 heterocycles. The van der Waals surface area contributed by atoms with E-state index in [1.807, 2.05) is 72.1 Å². The van der Waals surface area contributed by atoms with E-state index in [0.29, 0.717) is 12.2 Å². The van der Waals surface area contributed by atoms with Crippen LogP contribution in [0.1, 0.15) is 21.5 Å². The fourth-order valence-corrected chi connectivity index (χ4v) is 3.62. The normalized spacial score (nSPS) is 10.8. The van der Waals surface area contributed by atoms with E-state index >= 15 is 0 Å². The van der Waals surface area contributed by atoms with E-state index in [0.717, 1.165) is 33.3 Å². The monoisotopic (exact) mass is 443 g/mol. The Labute approximate surface area is 190 Å². The molecule has 0 amide bonds. The number of nitrogens with zero attached hydrogens (tertiary/aromatic N) is 2. The number of rotatable bonds is 8. The maximum Gasteiger partial charge on any atom is 0.337 e. The molecule has 3 aromatic carbocycles. The summed E-state index contributed by atoms with van der Waals surface area (Å²) < 4.78 is 10.6. The third-order valence-corrected chi connectivity index (χ3v) is 5.33. The summed E-state index contributed by atoms with van der Waals surface area (Å²) in [5.74, 6) is 0.365. The van der Waals surface area contributed by atoms with Crippen LogP contribution in [0.4, 0.5) is 5.13 Å². The van der Waals surface area contributed by atoms with E-state index < -0.39 is 0 Å². The molecule has 0 aliphatic rings. The Hall–Kier alpha value is -3.97. The third kappa shape index (κ3) is 5.59. The smallest absolute Gasteiger partial charge is 0.337 e. The van der Waals surface area contributed by atoms with Gasteiger partial charge in [-0.15, -0.1) is 11.3 Å². The number of hydrogen-bond acceptors (Lipinski definition) is 7. The molecule has 4 aromatic rings. The van der Waals surface area contributed by atoms with E-state index in [-0.39, 0.29) is 5.97 Å². The summed E-state index contributed by atoms with van der Waals surface area (Å²) in [6.07, 6.45) is 1.73.